The van der Waals surface area contributed by atoms with Crippen molar-refractivity contribution >= 4 is 11.7 Å². The molecule has 1 N–H and O–H groups in total. The van der Waals surface area contributed by atoms with Gasteiger partial charge in [0.15, 0.2) is 0 Å². The lowest BCUT2D eigenvalue weighted by Crippen LogP contribution is -2.34. The van der Waals surface area contributed by atoms with E-state index >= 15 is 0 Å². The van der Waals surface area contributed by atoms with E-state index in [-0.39, 0.29) is 30.1 Å². The van der Waals surface area contributed by atoms with Gasteiger partial charge in [0.2, 0.25) is 11.8 Å². The minimum Gasteiger partial charge on any atom is -0.480 e. The molecular weight excluding hydrogens is 500 g/mol. The van der Waals surface area contributed by atoms with Crippen LogP contribution < -0.4 is 10.1 Å². The van der Waals surface area contributed by atoms with E-state index in [2.05, 4.69) is 30.8 Å². The molecule has 11 nitrogen and oxygen atoms in total. The molecule has 3 heterocycles. The van der Waals surface area contributed by atoms with Crippen molar-refractivity contribution in [1.29, 1.82) is 0 Å². The number of carbonyl (C=O) groups is 1. The molecule has 37 heavy (non-hydrogen) atoms. The topological polar surface area (TPSA) is 124 Å². The molecule has 0 fully saturated rings. The molecule has 1 aromatic carbocycles. The van der Waals surface area contributed by atoms with Crippen LogP contribution in [0.2, 0.25) is 0 Å². The quantitative estimate of drug-likeness (QED) is 0.328. The van der Waals surface area contributed by atoms with Gasteiger partial charge in [0.05, 0.1) is 26.4 Å². The number of nitrogens with one attached hydrogen (secondary N) is 1. The first kappa shape index (κ1) is 25.5. The first-order valence-corrected chi connectivity index (χ1v) is 10.8. The second-order valence-electron chi connectivity index (χ2n) is 7.58. The lowest BCUT2D eigenvalue weighted by molar-refractivity contribution is 0.116. The summed E-state index contributed by atoms with van der Waals surface area (Å²) in [5.74, 6) is -3.08. The van der Waals surface area contributed by atoms with E-state index in [4.69, 9.17) is 9.15 Å². The average molecular weight is 520 g/mol. The van der Waals surface area contributed by atoms with Gasteiger partial charge >= 0.3 is 12.5 Å². The maximum atomic E-state index is 14.7. The van der Waals surface area contributed by atoms with Gasteiger partial charge in [-0.25, -0.2) is 23.2 Å². The Balaban J connectivity index is 1.44. The molecule has 3 aromatic heterocycles. The Bertz CT molecular complexity index is 1370. The molecule has 0 spiro atoms. The third-order valence-corrected chi connectivity index (χ3v) is 5.15. The van der Waals surface area contributed by atoms with Gasteiger partial charge in [-0.05, 0) is 31.2 Å². The van der Waals surface area contributed by atoms with Gasteiger partial charge in [-0.2, -0.15) is 8.78 Å². The third kappa shape index (κ3) is 5.82. The summed E-state index contributed by atoms with van der Waals surface area (Å²) in [6.45, 7) is 1.85. The molecule has 0 saturated heterocycles. The van der Waals surface area contributed by atoms with E-state index < -0.39 is 35.9 Å². The number of benzene rings is 1. The molecule has 2 amide bonds. The summed E-state index contributed by atoms with van der Waals surface area (Å²) in [7, 11) is 1.43. The van der Waals surface area contributed by atoms with E-state index in [0.717, 1.165) is 12.1 Å². The molecule has 0 atom stereocenters. The van der Waals surface area contributed by atoms with Gasteiger partial charge in [-0.3, -0.25) is 0 Å². The number of nitrogens with zero attached hydrogens (tertiary/aromatic N) is 7. The Kier molecular flexibility index (Phi) is 7.60. The van der Waals surface area contributed by atoms with Gasteiger partial charge in [-0.1, -0.05) is 5.21 Å². The number of rotatable bonds is 9. The SMILES string of the molecule is CCN(Cc1cn(Cc2c(F)cc(-c3nnc(C(F)F)o3)cc2F)nn1)C(=O)Nc1cccnc1OC. The first-order chi connectivity index (χ1) is 17.8. The number of ether oxygens (including phenoxy) is 1. The van der Waals surface area contributed by atoms with Gasteiger partial charge in [0.25, 0.3) is 5.89 Å². The highest BCUT2D eigenvalue weighted by Crippen LogP contribution is 2.27. The zero-order chi connectivity index (χ0) is 26.5. The Morgan fingerprint density at radius 2 is 1.97 bits per heavy atom. The number of methoxy groups -OCH3 is 1. The molecule has 0 aliphatic rings. The highest BCUT2D eigenvalue weighted by molar-refractivity contribution is 5.90. The molecule has 0 aliphatic carbocycles. The number of hydrogen-bond acceptors (Lipinski definition) is 8. The van der Waals surface area contributed by atoms with Crippen molar-refractivity contribution in [3.63, 3.8) is 0 Å². The smallest absolute Gasteiger partial charge is 0.322 e. The predicted octanol–water partition coefficient (Wildman–Crippen LogP) is 4.05. The van der Waals surface area contributed by atoms with Gasteiger partial charge in [0, 0.05) is 23.9 Å². The van der Waals surface area contributed by atoms with Crippen molar-refractivity contribution in [3.05, 3.63) is 65.4 Å². The minimum atomic E-state index is -3.01. The van der Waals surface area contributed by atoms with Crippen molar-refractivity contribution in [3.8, 4) is 17.3 Å². The van der Waals surface area contributed by atoms with Crippen molar-refractivity contribution < 1.29 is 31.5 Å². The molecule has 0 radical (unpaired) electrons. The third-order valence-electron chi connectivity index (χ3n) is 5.15. The summed E-state index contributed by atoms with van der Waals surface area (Å²) in [5, 5.41) is 17.1. The van der Waals surface area contributed by atoms with E-state index in [9.17, 15) is 22.4 Å². The van der Waals surface area contributed by atoms with Crippen molar-refractivity contribution in [2.75, 3.05) is 19.0 Å². The lowest BCUT2D eigenvalue weighted by atomic mass is 10.1. The van der Waals surface area contributed by atoms with Crippen molar-refractivity contribution in [2.24, 2.45) is 0 Å². The monoisotopic (exact) mass is 520 g/mol. The van der Waals surface area contributed by atoms with Crippen LogP contribution in [0.5, 0.6) is 5.88 Å². The number of hydrogen-bond donors (Lipinski definition) is 1. The minimum absolute atomic E-state index is 0.0679. The second kappa shape index (κ2) is 11.0. The van der Waals surface area contributed by atoms with E-state index in [0.29, 0.717) is 17.9 Å². The van der Waals surface area contributed by atoms with E-state index in [1.807, 2.05) is 0 Å². The number of halogens is 4. The molecule has 194 valence electrons. The number of amides is 2. The Labute approximate surface area is 207 Å². The molecule has 15 heteroatoms. The van der Waals surface area contributed by atoms with Crippen LogP contribution >= 0.6 is 0 Å². The fourth-order valence-corrected chi connectivity index (χ4v) is 3.33. The van der Waals surface area contributed by atoms with Gasteiger partial charge in [-0.15, -0.1) is 15.3 Å². The number of aromatic nitrogens is 6. The molecule has 0 aliphatic heterocycles. The zero-order valence-electron chi connectivity index (χ0n) is 19.5. The highest BCUT2D eigenvalue weighted by Gasteiger charge is 2.21. The summed E-state index contributed by atoms with van der Waals surface area (Å²) < 4.78 is 65.7. The number of pyridine rings is 1. The van der Waals surface area contributed by atoms with Crippen LogP contribution in [0.3, 0.4) is 0 Å². The fourth-order valence-electron chi connectivity index (χ4n) is 3.33. The maximum Gasteiger partial charge on any atom is 0.322 e. The molecular formula is C22H20F4N8O3. The van der Waals surface area contributed by atoms with Gasteiger partial charge < -0.3 is 19.4 Å². The highest BCUT2D eigenvalue weighted by atomic mass is 19.3. The van der Waals surface area contributed by atoms with Crippen LogP contribution in [0.15, 0.2) is 41.1 Å². The molecule has 4 aromatic rings. The summed E-state index contributed by atoms with van der Waals surface area (Å²) in [5.41, 5.74) is 0.227. The van der Waals surface area contributed by atoms with Crippen LogP contribution in [0.25, 0.3) is 11.5 Å². The standard InChI is InChI=1S/C22H20F4N8O3/c1-3-33(22(35)28-17-5-4-6-27-20(17)36-2)9-13-10-34(32-29-13)11-14-15(23)7-12(8-16(14)24)19-30-31-21(37-19)18(25)26/h4-8,10,18H,3,9,11H2,1-2H3,(H,28,35). The summed E-state index contributed by atoms with van der Waals surface area (Å²) >= 11 is 0. The molecule has 0 unspecified atom stereocenters. The number of carbonyl (C=O) groups excluding carboxylic acids is 1. The number of urea groups is 1. The maximum absolute atomic E-state index is 14.7. The lowest BCUT2D eigenvalue weighted by Gasteiger charge is -2.20. The van der Waals surface area contributed by atoms with Crippen molar-refractivity contribution in [1.82, 2.24) is 35.1 Å². The second-order valence-corrected chi connectivity index (χ2v) is 7.58. The van der Waals surface area contributed by atoms with E-state index in [1.54, 1.807) is 19.1 Å². The predicted molar refractivity (Wildman–Crippen MR) is 120 cm³/mol. The normalized spacial score (nSPS) is 11.1. The van der Waals surface area contributed by atoms with Crippen LogP contribution in [0, 0.1) is 11.6 Å². The van der Waals surface area contributed by atoms with Gasteiger partial charge in [0.1, 0.15) is 23.0 Å². The summed E-state index contributed by atoms with van der Waals surface area (Å²) in [6.07, 6.45) is -0.0392. The van der Waals surface area contributed by atoms with Crippen molar-refractivity contribution in [2.45, 2.75) is 26.4 Å². The Hall–Kier alpha value is -4.56. The average Bonchev–Trinajstić information content (AvgIpc) is 3.55. The van der Waals surface area contributed by atoms with Crippen LogP contribution in [-0.2, 0) is 13.1 Å². The summed E-state index contributed by atoms with van der Waals surface area (Å²) in [6, 6.07) is 4.64. The van der Waals surface area contributed by atoms with E-state index in [1.165, 1.54) is 29.1 Å². The Morgan fingerprint density at radius 3 is 2.62 bits per heavy atom. The first-order valence-electron chi connectivity index (χ1n) is 10.8. The van der Waals surface area contributed by atoms with Crippen LogP contribution in [0.4, 0.5) is 28.0 Å². The molecule has 4 rings (SSSR count). The summed E-state index contributed by atoms with van der Waals surface area (Å²) in [4.78, 5) is 18.2. The molecule has 0 saturated carbocycles. The van der Waals surface area contributed by atoms with Crippen LogP contribution in [-0.4, -0.2) is 54.8 Å². The van der Waals surface area contributed by atoms with Crippen LogP contribution in [0.1, 0.15) is 30.5 Å². The number of anilines is 1. The number of alkyl halides is 2. The largest absolute Gasteiger partial charge is 0.480 e. The fraction of sp³-hybridized carbons (Fsp3) is 0.273. The molecule has 0 bridgehead atoms. The Morgan fingerprint density at radius 1 is 1.22 bits per heavy atom. The zero-order valence-corrected chi connectivity index (χ0v) is 19.5.